The zero-order valence-electron chi connectivity index (χ0n) is 17.5. The van der Waals surface area contributed by atoms with Gasteiger partial charge in [0, 0.05) is 6.20 Å². The van der Waals surface area contributed by atoms with E-state index in [9.17, 15) is 44.7 Å². The number of aliphatic carboxylic acids is 1. The monoisotopic (exact) mass is 446 g/mol. The van der Waals surface area contributed by atoms with Gasteiger partial charge in [0.05, 0.1) is 39.7 Å². The van der Waals surface area contributed by atoms with Gasteiger partial charge in [0.15, 0.2) is 23.0 Å². The number of quaternary nitrogens is 1. The van der Waals surface area contributed by atoms with Crippen LogP contribution < -0.4 is 11.2 Å². The first-order chi connectivity index (χ1) is 14.1. The van der Waals surface area contributed by atoms with Crippen molar-refractivity contribution in [2.24, 2.45) is 0 Å². The van der Waals surface area contributed by atoms with Crippen LogP contribution >= 0.6 is 0 Å². The Kier molecular flexibility index (Phi) is 6.62. The number of nitrogens with zero attached hydrogens (tertiary/aromatic N) is 1. The molecule has 13 nitrogen and oxygen atoms in total. The number of Topliss-reactive ketones (excluding diaryl/α,β-unsaturated/α-hetero) is 1. The van der Waals surface area contributed by atoms with Crippen molar-refractivity contribution in [3.8, 4) is 0 Å². The molecular formula is C18H28N3O10+. The molecule has 0 aromatic carbocycles. The van der Waals surface area contributed by atoms with Gasteiger partial charge in [-0.1, -0.05) is 0 Å². The summed E-state index contributed by atoms with van der Waals surface area (Å²) < 4.78 is 5.36. The van der Waals surface area contributed by atoms with E-state index < -0.39 is 81.6 Å². The fourth-order valence-electron chi connectivity index (χ4n) is 4.50. The van der Waals surface area contributed by atoms with Crippen molar-refractivity contribution in [1.82, 2.24) is 9.97 Å². The van der Waals surface area contributed by atoms with Crippen molar-refractivity contribution in [1.29, 1.82) is 0 Å². The molecule has 2 rings (SSSR count). The maximum Gasteiger partial charge on any atom is 0.325 e. The van der Waals surface area contributed by atoms with Crippen LogP contribution in [0.25, 0.3) is 0 Å². The number of aromatic nitrogens is 2. The van der Waals surface area contributed by atoms with Crippen LogP contribution in [0, 0.1) is 0 Å². The van der Waals surface area contributed by atoms with Crippen molar-refractivity contribution in [2.75, 3.05) is 27.7 Å². The molecule has 2 unspecified atom stereocenters. The predicted octanol–water partition coefficient (Wildman–Crippen LogP) is -3.76. The lowest BCUT2D eigenvalue weighted by Gasteiger charge is -2.51. The summed E-state index contributed by atoms with van der Waals surface area (Å²) in [6.45, 7) is 0.139. The Morgan fingerprint density at radius 2 is 1.87 bits per heavy atom. The van der Waals surface area contributed by atoms with Crippen molar-refractivity contribution in [3.05, 3.63) is 32.6 Å². The van der Waals surface area contributed by atoms with E-state index in [1.54, 1.807) is 0 Å². The quantitative estimate of drug-likeness (QED) is 0.194. The Balaban J connectivity index is 3.00. The molecule has 0 radical (unpaired) electrons. The largest absolute Gasteiger partial charge is 0.481 e. The summed E-state index contributed by atoms with van der Waals surface area (Å²) in [6.07, 6.45) is -5.44. The lowest BCUT2D eigenvalue weighted by Crippen LogP contribution is -2.73. The normalized spacial score (nSPS) is 29.4. The van der Waals surface area contributed by atoms with E-state index in [4.69, 9.17) is 4.74 Å². The summed E-state index contributed by atoms with van der Waals surface area (Å²) in [5.41, 5.74) is -7.54. The van der Waals surface area contributed by atoms with Gasteiger partial charge in [-0.2, -0.15) is 0 Å². The molecule has 6 atom stereocenters. The molecule has 7 N–H and O–H groups in total. The number of carboxylic acids is 1. The fraction of sp³-hybridized carbons (Fsp3) is 0.667. The van der Waals surface area contributed by atoms with E-state index in [1.165, 1.54) is 21.1 Å². The summed E-state index contributed by atoms with van der Waals surface area (Å²) in [5, 5.41) is 51.9. The minimum absolute atomic E-state index is 0.427. The maximum atomic E-state index is 12.7. The number of hydrogen-bond donors (Lipinski definition) is 7. The minimum Gasteiger partial charge on any atom is -0.481 e. The van der Waals surface area contributed by atoms with E-state index >= 15 is 0 Å². The predicted molar refractivity (Wildman–Crippen MR) is 103 cm³/mol. The molecule has 1 fully saturated rings. The van der Waals surface area contributed by atoms with Crippen molar-refractivity contribution < 1.29 is 44.3 Å². The minimum atomic E-state index is -2.70. The van der Waals surface area contributed by atoms with Gasteiger partial charge in [-0.25, -0.2) is 4.79 Å². The van der Waals surface area contributed by atoms with E-state index in [0.29, 0.717) is 0 Å². The second-order valence-corrected chi connectivity index (χ2v) is 8.62. The Morgan fingerprint density at radius 3 is 2.26 bits per heavy atom. The molecule has 174 valence electrons. The number of hydrogen-bond acceptors (Lipinski definition) is 9. The van der Waals surface area contributed by atoms with Crippen molar-refractivity contribution in [2.45, 2.75) is 48.9 Å². The molecule has 0 spiro atoms. The van der Waals surface area contributed by atoms with Crippen LogP contribution in [0.3, 0.4) is 0 Å². The number of ether oxygens (including phenoxy) is 1. The van der Waals surface area contributed by atoms with E-state index in [0.717, 1.165) is 13.1 Å². The summed E-state index contributed by atoms with van der Waals surface area (Å²) in [6, 6.07) is -1.69. The summed E-state index contributed by atoms with van der Waals surface area (Å²) in [4.78, 5) is 52.6. The van der Waals surface area contributed by atoms with Crippen LogP contribution in [0.2, 0.25) is 0 Å². The second kappa shape index (κ2) is 8.26. The Bertz CT molecular complexity index is 966. The smallest absolute Gasteiger partial charge is 0.325 e. The molecule has 1 aliphatic rings. The van der Waals surface area contributed by atoms with E-state index in [1.807, 2.05) is 4.98 Å². The van der Waals surface area contributed by atoms with E-state index in [2.05, 4.69) is 4.98 Å². The SMILES string of the molecule is CC(=O)C(O)(CC(=O)O)C([C@@]1(c2c[nH]c(=O)[nH]c2=O)O[C@H](CO)[C@@H](O)[C@H]1O)[N+](C)(C)C. The number of carbonyl (C=O) groups excluding carboxylic acids is 1. The molecule has 13 heteroatoms. The molecule has 0 bridgehead atoms. The fourth-order valence-corrected chi connectivity index (χ4v) is 4.50. The highest BCUT2D eigenvalue weighted by atomic mass is 16.6. The molecule has 1 saturated heterocycles. The molecule has 1 aliphatic heterocycles. The molecular weight excluding hydrogens is 418 g/mol. The number of nitrogens with one attached hydrogen (secondary N) is 2. The highest BCUT2D eigenvalue weighted by Gasteiger charge is 2.71. The van der Waals surface area contributed by atoms with Crippen LogP contribution in [-0.4, -0.2) is 109 Å². The highest BCUT2D eigenvalue weighted by Crippen LogP contribution is 2.48. The molecule has 1 aromatic heterocycles. The van der Waals surface area contributed by atoms with Crippen LogP contribution in [0.5, 0.6) is 0 Å². The van der Waals surface area contributed by atoms with Crippen LogP contribution in [0.1, 0.15) is 18.9 Å². The summed E-state index contributed by atoms with van der Waals surface area (Å²) in [7, 11) is 4.37. The zero-order valence-corrected chi connectivity index (χ0v) is 17.5. The number of rotatable bonds is 8. The summed E-state index contributed by atoms with van der Waals surface area (Å²) in [5.74, 6) is -2.54. The van der Waals surface area contributed by atoms with Gasteiger partial charge in [0.1, 0.15) is 18.3 Å². The third kappa shape index (κ3) is 4.07. The number of likely N-dealkylation sites (N-methyl/N-ethyl adjacent to an activating group) is 1. The van der Waals surface area contributed by atoms with Gasteiger partial charge in [0.2, 0.25) is 0 Å². The molecule has 2 heterocycles. The number of aliphatic hydroxyl groups is 4. The van der Waals surface area contributed by atoms with Crippen molar-refractivity contribution in [3.63, 3.8) is 0 Å². The number of ketones is 1. The molecule has 1 aromatic rings. The number of carboxylic acid groups (broad SMARTS) is 1. The first-order valence-electron chi connectivity index (χ1n) is 9.36. The van der Waals surface area contributed by atoms with Gasteiger partial charge in [0.25, 0.3) is 5.56 Å². The zero-order chi connectivity index (χ0) is 23.9. The van der Waals surface area contributed by atoms with Crippen LogP contribution in [0.15, 0.2) is 15.8 Å². The lowest BCUT2D eigenvalue weighted by atomic mass is 9.70. The highest BCUT2D eigenvalue weighted by molar-refractivity contribution is 5.90. The standard InChI is InChI=1S/C18H27N3O10/c1-8(23)17(30,5-11(24)25)15(21(2,3)4)18(9-6-19-16(29)20-14(9)28)13(27)12(26)10(7-22)31-18/h6,10,12-13,15,22,26-27,30H,5,7H2,1-4H3,(H2-,19,20,24,25,28,29)/p+1/t10-,12-,13-,15?,17?,18+/m1/s1. The van der Waals surface area contributed by atoms with Crippen molar-refractivity contribution >= 4 is 11.8 Å². The first kappa shape index (κ1) is 24.8. The van der Waals surface area contributed by atoms with Crippen LogP contribution in [-0.2, 0) is 19.9 Å². The Hall–Kier alpha value is -2.42. The third-order valence-electron chi connectivity index (χ3n) is 5.57. The molecule has 0 saturated carbocycles. The first-order valence-corrected chi connectivity index (χ1v) is 9.36. The second-order valence-electron chi connectivity index (χ2n) is 8.62. The topological polar surface area (TPSA) is 210 Å². The van der Waals surface area contributed by atoms with E-state index in [-0.39, 0.29) is 0 Å². The van der Waals surface area contributed by atoms with Crippen LogP contribution in [0.4, 0.5) is 0 Å². The maximum absolute atomic E-state index is 12.7. The Labute approximate surface area is 176 Å². The average Bonchev–Trinajstić information content (AvgIpc) is 2.85. The van der Waals surface area contributed by atoms with Gasteiger partial charge in [-0.3, -0.25) is 19.4 Å². The molecule has 0 aliphatic carbocycles. The summed E-state index contributed by atoms with van der Waals surface area (Å²) >= 11 is 0. The van der Waals surface area contributed by atoms with Gasteiger partial charge in [-0.15, -0.1) is 0 Å². The average molecular weight is 446 g/mol. The lowest BCUT2D eigenvalue weighted by molar-refractivity contribution is -0.912. The Morgan fingerprint density at radius 1 is 1.29 bits per heavy atom. The third-order valence-corrected chi connectivity index (χ3v) is 5.57. The number of H-pyrrole nitrogens is 2. The molecule has 31 heavy (non-hydrogen) atoms. The number of carbonyl (C=O) groups is 2. The molecule has 0 amide bonds. The number of aliphatic hydroxyl groups excluding tert-OH is 3. The van der Waals surface area contributed by atoms with Gasteiger partial charge in [-0.05, 0) is 6.92 Å². The van der Waals surface area contributed by atoms with Gasteiger partial charge >= 0.3 is 11.7 Å². The number of aromatic amines is 2. The van der Waals surface area contributed by atoms with Gasteiger partial charge < -0.3 is 39.7 Å².